The number of para-hydroxylation sites is 1. The van der Waals surface area contributed by atoms with Gasteiger partial charge in [-0.25, -0.2) is 8.42 Å². The molecule has 0 amide bonds. The van der Waals surface area contributed by atoms with Crippen molar-refractivity contribution in [2.75, 3.05) is 11.5 Å². The van der Waals surface area contributed by atoms with Crippen molar-refractivity contribution in [3.8, 4) is 5.75 Å². The van der Waals surface area contributed by atoms with Crippen LogP contribution >= 0.6 is 11.6 Å². The number of nitrogens with one attached hydrogen (secondary N) is 1. The second kappa shape index (κ2) is 5.76. The number of aliphatic hydroxyl groups is 1. The van der Waals surface area contributed by atoms with Crippen LogP contribution in [0.1, 0.15) is 18.4 Å². The fraction of sp³-hybridized carbons (Fsp3) is 0.571. The predicted octanol–water partition coefficient (Wildman–Crippen LogP) is 1.13. The number of halogens is 1. The molecule has 0 spiro atoms. The van der Waals surface area contributed by atoms with Crippen LogP contribution in [-0.2, 0) is 16.4 Å². The minimum atomic E-state index is -3.24. The molecule has 0 aromatic heterocycles. The number of sulfone groups is 1. The smallest absolute Gasteiger partial charge is 0.156 e. The Morgan fingerprint density at radius 3 is 2.71 bits per heavy atom. The first kappa shape index (κ1) is 15.1. The molecule has 7 heteroatoms. The maximum atomic E-state index is 11.5. The van der Waals surface area contributed by atoms with E-state index in [1.807, 2.05) is 12.1 Å². The lowest BCUT2D eigenvalue weighted by molar-refractivity contribution is 0.0731. The largest absolute Gasteiger partial charge is 0.485 e. The SMILES string of the molecule is O=S1(=O)CC(O)C(Oc2c(Cl)cccc2CNC2CC2)C1. The van der Waals surface area contributed by atoms with Crippen molar-refractivity contribution in [3.05, 3.63) is 28.8 Å². The number of aliphatic hydroxyl groups excluding tert-OH is 1. The third kappa shape index (κ3) is 3.69. The van der Waals surface area contributed by atoms with Crippen LogP contribution in [0.4, 0.5) is 0 Å². The van der Waals surface area contributed by atoms with Crippen LogP contribution in [0.25, 0.3) is 0 Å². The van der Waals surface area contributed by atoms with Crippen LogP contribution in [0.3, 0.4) is 0 Å². The standard InChI is InChI=1S/C14H18ClNO4S/c15-11-3-1-2-9(6-16-10-4-5-10)14(11)20-13-8-21(18,19)7-12(13)17/h1-3,10,12-13,16-17H,4-8H2. The average molecular weight is 332 g/mol. The van der Waals surface area contributed by atoms with Crippen molar-refractivity contribution in [1.82, 2.24) is 5.32 Å². The highest BCUT2D eigenvalue weighted by atomic mass is 35.5. The Balaban J connectivity index is 1.77. The summed E-state index contributed by atoms with van der Waals surface area (Å²) in [4.78, 5) is 0. The van der Waals surface area contributed by atoms with Crippen molar-refractivity contribution in [1.29, 1.82) is 0 Å². The fourth-order valence-electron chi connectivity index (χ4n) is 2.43. The molecule has 2 fully saturated rings. The van der Waals surface area contributed by atoms with Gasteiger partial charge in [-0.2, -0.15) is 0 Å². The molecule has 21 heavy (non-hydrogen) atoms. The van der Waals surface area contributed by atoms with E-state index in [1.54, 1.807) is 6.07 Å². The van der Waals surface area contributed by atoms with E-state index in [0.717, 1.165) is 5.56 Å². The van der Waals surface area contributed by atoms with E-state index in [-0.39, 0.29) is 11.5 Å². The fourth-order valence-corrected chi connectivity index (χ4v) is 4.33. The van der Waals surface area contributed by atoms with E-state index in [4.69, 9.17) is 16.3 Å². The van der Waals surface area contributed by atoms with Gasteiger partial charge in [0.2, 0.25) is 0 Å². The molecule has 1 aromatic carbocycles. The zero-order chi connectivity index (χ0) is 15.0. The molecule has 2 atom stereocenters. The second-order valence-corrected chi connectivity index (χ2v) is 8.24. The molecule has 1 aliphatic heterocycles. The number of benzene rings is 1. The van der Waals surface area contributed by atoms with Gasteiger partial charge in [0.15, 0.2) is 9.84 Å². The Labute approximate surface area is 129 Å². The van der Waals surface area contributed by atoms with Gasteiger partial charge in [0.05, 0.1) is 16.5 Å². The average Bonchev–Trinajstić information content (AvgIpc) is 3.17. The van der Waals surface area contributed by atoms with Crippen LogP contribution in [0.2, 0.25) is 5.02 Å². The molecular weight excluding hydrogens is 314 g/mol. The summed E-state index contributed by atoms with van der Waals surface area (Å²) in [5, 5.41) is 13.6. The van der Waals surface area contributed by atoms with Gasteiger partial charge < -0.3 is 15.2 Å². The van der Waals surface area contributed by atoms with Gasteiger partial charge in [-0.05, 0) is 18.9 Å². The highest BCUT2D eigenvalue weighted by molar-refractivity contribution is 7.91. The summed E-state index contributed by atoms with van der Waals surface area (Å²) >= 11 is 6.17. The third-order valence-electron chi connectivity index (χ3n) is 3.75. The molecule has 1 heterocycles. The molecule has 5 nitrogen and oxygen atoms in total. The molecule has 1 aromatic rings. The topological polar surface area (TPSA) is 75.6 Å². The van der Waals surface area contributed by atoms with Gasteiger partial charge in [0.1, 0.15) is 18.0 Å². The molecule has 1 saturated carbocycles. The normalized spacial score (nSPS) is 27.7. The first-order valence-electron chi connectivity index (χ1n) is 7.00. The zero-order valence-corrected chi connectivity index (χ0v) is 13.0. The third-order valence-corrected chi connectivity index (χ3v) is 5.73. The van der Waals surface area contributed by atoms with Crippen LogP contribution in [-0.4, -0.2) is 43.3 Å². The molecule has 2 aliphatic rings. The van der Waals surface area contributed by atoms with Crippen molar-refractivity contribution >= 4 is 21.4 Å². The van der Waals surface area contributed by atoms with E-state index >= 15 is 0 Å². The van der Waals surface area contributed by atoms with E-state index in [1.165, 1.54) is 12.8 Å². The maximum Gasteiger partial charge on any atom is 0.156 e. The van der Waals surface area contributed by atoms with Gasteiger partial charge in [-0.15, -0.1) is 0 Å². The van der Waals surface area contributed by atoms with Crippen LogP contribution in [0.5, 0.6) is 5.75 Å². The molecule has 0 bridgehead atoms. The van der Waals surface area contributed by atoms with Crippen molar-refractivity contribution in [3.63, 3.8) is 0 Å². The monoisotopic (exact) mass is 331 g/mol. The van der Waals surface area contributed by atoms with Crippen LogP contribution < -0.4 is 10.1 Å². The van der Waals surface area contributed by atoms with E-state index < -0.39 is 22.0 Å². The van der Waals surface area contributed by atoms with E-state index in [2.05, 4.69) is 5.32 Å². The number of rotatable bonds is 5. The number of hydrogen-bond acceptors (Lipinski definition) is 5. The lowest BCUT2D eigenvalue weighted by Crippen LogP contribution is -2.30. The molecular formula is C14H18ClNO4S. The van der Waals surface area contributed by atoms with Gasteiger partial charge >= 0.3 is 0 Å². The summed E-state index contributed by atoms with van der Waals surface area (Å²) in [6.07, 6.45) is 0.595. The highest BCUT2D eigenvalue weighted by Gasteiger charge is 2.38. The summed E-state index contributed by atoms with van der Waals surface area (Å²) in [5.41, 5.74) is 0.880. The Morgan fingerprint density at radius 1 is 1.33 bits per heavy atom. The summed E-state index contributed by atoms with van der Waals surface area (Å²) in [7, 11) is -3.24. The first-order chi connectivity index (χ1) is 9.94. The summed E-state index contributed by atoms with van der Waals surface area (Å²) in [5.74, 6) is 0.0422. The van der Waals surface area contributed by atoms with E-state index in [9.17, 15) is 13.5 Å². The second-order valence-electron chi connectivity index (χ2n) is 5.68. The van der Waals surface area contributed by atoms with Gasteiger partial charge in [0, 0.05) is 18.2 Å². The number of ether oxygens (including phenoxy) is 1. The van der Waals surface area contributed by atoms with E-state index in [0.29, 0.717) is 23.4 Å². The highest BCUT2D eigenvalue weighted by Crippen LogP contribution is 2.32. The van der Waals surface area contributed by atoms with Gasteiger partial charge in [-0.1, -0.05) is 23.7 Å². The molecule has 1 aliphatic carbocycles. The molecule has 2 unspecified atom stereocenters. The Bertz CT molecular complexity index is 630. The molecule has 2 N–H and O–H groups in total. The minimum absolute atomic E-state index is 0.172. The Hall–Kier alpha value is -0.820. The summed E-state index contributed by atoms with van der Waals surface area (Å²) in [6, 6.07) is 5.98. The zero-order valence-electron chi connectivity index (χ0n) is 11.5. The quantitative estimate of drug-likeness (QED) is 0.846. The van der Waals surface area contributed by atoms with Crippen molar-refractivity contribution in [2.24, 2.45) is 0 Å². The van der Waals surface area contributed by atoms with Crippen LogP contribution in [0, 0.1) is 0 Å². The van der Waals surface area contributed by atoms with Crippen molar-refractivity contribution < 1.29 is 18.3 Å². The number of hydrogen-bond donors (Lipinski definition) is 2. The Morgan fingerprint density at radius 2 is 2.10 bits per heavy atom. The lowest BCUT2D eigenvalue weighted by atomic mass is 10.2. The Kier molecular flexibility index (Phi) is 4.14. The molecule has 116 valence electrons. The summed E-state index contributed by atoms with van der Waals surface area (Å²) < 4.78 is 28.8. The van der Waals surface area contributed by atoms with Gasteiger partial charge in [-0.3, -0.25) is 0 Å². The molecule has 0 radical (unpaired) electrons. The first-order valence-corrected chi connectivity index (χ1v) is 9.20. The summed E-state index contributed by atoms with van der Waals surface area (Å²) in [6.45, 7) is 0.621. The minimum Gasteiger partial charge on any atom is -0.485 e. The molecule has 3 rings (SSSR count). The van der Waals surface area contributed by atoms with Crippen molar-refractivity contribution in [2.45, 2.75) is 37.6 Å². The molecule has 1 saturated heterocycles. The lowest BCUT2D eigenvalue weighted by Gasteiger charge is -2.19. The van der Waals surface area contributed by atoms with Gasteiger partial charge in [0.25, 0.3) is 0 Å². The predicted molar refractivity (Wildman–Crippen MR) is 80.4 cm³/mol. The van der Waals surface area contributed by atoms with Crippen LogP contribution in [0.15, 0.2) is 18.2 Å². The maximum absolute atomic E-state index is 11.5.